The van der Waals surface area contributed by atoms with Crippen LogP contribution in [0.25, 0.3) is 22.4 Å². The molecule has 0 atom stereocenters. The number of aromatic nitrogens is 2. The molecule has 0 unspecified atom stereocenters. The van der Waals surface area contributed by atoms with Gasteiger partial charge in [-0.3, -0.25) is 4.79 Å². The van der Waals surface area contributed by atoms with E-state index in [9.17, 15) is 4.79 Å². The Bertz CT molecular complexity index is 1310. The van der Waals surface area contributed by atoms with Crippen LogP contribution in [0.1, 0.15) is 0 Å². The van der Waals surface area contributed by atoms with Crippen molar-refractivity contribution in [2.75, 3.05) is 31.2 Å². The second kappa shape index (κ2) is 9.30. The second-order valence-electron chi connectivity index (χ2n) is 7.93. The summed E-state index contributed by atoms with van der Waals surface area (Å²) in [5.41, 5.74) is 4.18. The Morgan fingerprint density at radius 3 is 2.42 bits per heavy atom. The van der Waals surface area contributed by atoms with Crippen molar-refractivity contribution in [2.24, 2.45) is 7.05 Å². The first-order chi connectivity index (χ1) is 16.2. The number of hydrogen-bond donors (Lipinski definition) is 0. The van der Waals surface area contributed by atoms with E-state index < -0.39 is 0 Å². The second-order valence-corrected chi connectivity index (χ2v) is 7.93. The van der Waals surface area contributed by atoms with Gasteiger partial charge in [0.15, 0.2) is 0 Å². The predicted molar refractivity (Wildman–Crippen MR) is 130 cm³/mol. The number of hydrogen-bond acceptors (Lipinski definition) is 5. The van der Waals surface area contributed by atoms with Crippen LogP contribution in [0.4, 0.5) is 5.69 Å². The highest BCUT2D eigenvalue weighted by Crippen LogP contribution is 2.37. The molecule has 3 aromatic carbocycles. The van der Waals surface area contributed by atoms with E-state index in [1.54, 1.807) is 13.1 Å². The van der Waals surface area contributed by atoms with E-state index in [4.69, 9.17) is 9.47 Å². The smallest absolute Gasteiger partial charge is 0.267 e. The first-order valence-electron chi connectivity index (χ1n) is 11.0. The average molecular weight is 440 g/mol. The van der Waals surface area contributed by atoms with Gasteiger partial charge in [-0.15, -0.1) is 0 Å². The molecule has 0 bridgehead atoms. The number of morpholine rings is 1. The lowest BCUT2D eigenvalue weighted by Gasteiger charge is -2.29. The summed E-state index contributed by atoms with van der Waals surface area (Å²) in [5.74, 6) is 1.42. The molecule has 6 heteroatoms. The number of aryl methyl sites for hydroxylation is 1. The minimum atomic E-state index is -0.160. The molecule has 1 fully saturated rings. The lowest BCUT2D eigenvalue weighted by Crippen LogP contribution is -2.36. The van der Waals surface area contributed by atoms with Gasteiger partial charge in [0.05, 0.1) is 13.2 Å². The molecule has 5 rings (SSSR count). The summed E-state index contributed by atoms with van der Waals surface area (Å²) in [6, 6.07) is 27.3. The lowest BCUT2D eigenvalue weighted by molar-refractivity contribution is 0.122. The number of para-hydroxylation sites is 2. The molecular formula is C27H25N3O3. The zero-order chi connectivity index (χ0) is 22.6. The van der Waals surface area contributed by atoms with Crippen LogP contribution in [-0.2, 0) is 11.8 Å². The third kappa shape index (κ3) is 4.52. The van der Waals surface area contributed by atoms with Crippen molar-refractivity contribution < 1.29 is 9.47 Å². The summed E-state index contributed by atoms with van der Waals surface area (Å²) in [4.78, 5) is 14.9. The van der Waals surface area contributed by atoms with Crippen molar-refractivity contribution in [1.29, 1.82) is 0 Å². The van der Waals surface area contributed by atoms with Gasteiger partial charge in [0.1, 0.15) is 17.2 Å². The van der Waals surface area contributed by atoms with Gasteiger partial charge in [-0.1, -0.05) is 42.5 Å². The van der Waals surface area contributed by atoms with E-state index in [-0.39, 0.29) is 5.56 Å². The molecule has 1 aliphatic rings. The molecule has 0 spiro atoms. The first kappa shape index (κ1) is 21.0. The van der Waals surface area contributed by atoms with E-state index in [0.29, 0.717) is 24.7 Å². The van der Waals surface area contributed by atoms with Gasteiger partial charge in [0.2, 0.25) is 0 Å². The zero-order valence-electron chi connectivity index (χ0n) is 18.5. The standard InChI is InChI=1S/C27H25N3O3/c1-29-26(31)19-24(20-8-7-9-21(18-20)30-14-16-32-17-15-30)27(28-29)23-12-5-6-13-25(23)33-22-10-3-2-4-11-22/h2-13,18-19H,14-17H2,1H3. The molecular weight excluding hydrogens is 414 g/mol. The van der Waals surface area contributed by atoms with Crippen LogP contribution in [0.5, 0.6) is 11.5 Å². The Balaban J connectivity index is 1.61. The van der Waals surface area contributed by atoms with Gasteiger partial charge in [-0.2, -0.15) is 5.10 Å². The van der Waals surface area contributed by atoms with Crippen molar-refractivity contribution in [2.45, 2.75) is 0 Å². The zero-order valence-corrected chi connectivity index (χ0v) is 18.5. The van der Waals surface area contributed by atoms with E-state index in [1.165, 1.54) is 4.68 Å². The van der Waals surface area contributed by atoms with E-state index in [2.05, 4.69) is 22.1 Å². The van der Waals surface area contributed by atoms with Crippen molar-refractivity contribution in [3.05, 3.63) is 95.3 Å². The molecule has 1 saturated heterocycles. The molecule has 4 aromatic rings. The normalized spacial score (nSPS) is 13.7. The monoisotopic (exact) mass is 439 g/mol. The van der Waals surface area contributed by atoms with Crippen LogP contribution < -0.4 is 15.2 Å². The highest BCUT2D eigenvalue weighted by atomic mass is 16.5. The maximum absolute atomic E-state index is 12.6. The molecule has 33 heavy (non-hydrogen) atoms. The molecule has 0 aliphatic carbocycles. The number of benzene rings is 3. The van der Waals surface area contributed by atoms with E-state index in [1.807, 2.05) is 66.7 Å². The Morgan fingerprint density at radius 2 is 1.61 bits per heavy atom. The fourth-order valence-corrected chi connectivity index (χ4v) is 4.02. The molecule has 1 aromatic heterocycles. The molecule has 0 saturated carbocycles. The Kier molecular flexibility index (Phi) is 5.91. The van der Waals surface area contributed by atoms with E-state index >= 15 is 0 Å². The number of nitrogens with zero attached hydrogens (tertiary/aromatic N) is 3. The Morgan fingerprint density at radius 1 is 0.848 bits per heavy atom. The highest BCUT2D eigenvalue weighted by Gasteiger charge is 2.18. The molecule has 166 valence electrons. The average Bonchev–Trinajstić information content (AvgIpc) is 2.87. The summed E-state index contributed by atoms with van der Waals surface area (Å²) < 4.78 is 13.1. The van der Waals surface area contributed by atoms with Gasteiger partial charge in [-0.25, -0.2) is 4.68 Å². The maximum Gasteiger partial charge on any atom is 0.267 e. The molecule has 0 radical (unpaired) electrons. The quantitative estimate of drug-likeness (QED) is 0.449. The van der Waals surface area contributed by atoms with Crippen LogP contribution in [0.2, 0.25) is 0 Å². The minimum Gasteiger partial charge on any atom is -0.457 e. The first-order valence-corrected chi connectivity index (χ1v) is 11.0. The van der Waals surface area contributed by atoms with Crippen molar-refractivity contribution in [1.82, 2.24) is 9.78 Å². The number of anilines is 1. The highest BCUT2D eigenvalue weighted by molar-refractivity contribution is 5.84. The molecule has 0 N–H and O–H groups in total. The van der Waals surface area contributed by atoms with Crippen LogP contribution in [0.3, 0.4) is 0 Å². The predicted octanol–water partition coefficient (Wildman–Crippen LogP) is 4.74. The fourth-order valence-electron chi connectivity index (χ4n) is 4.02. The fraction of sp³-hybridized carbons (Fsp3) is 0.185. The third-order valence-electron chi connectivity index (χ3n) is 5.74. The van der Waals surface area contributed by atoms with E-state index in [0.717, 1.165) is 41.2 Å². The van der Waals surface area contributed by atoms with Gasteiger partial charge in [-0.05, 0) is 42.0 Å². The summed E-state index contributed by atoms with van der Waals surface area (Å²) in [5, 5.41) is 4.65. The van der Waals surface area contributed by atoms with Gasteiger partial charge in [0, 0.05) is 43.0 Å². The van der Waals surface area contributed by atoms with Crippen LogP contribution in [0.15, 0.2) is 89.7 Å². The number of ether oxygens (including phenoxy) is 2. The van der Waals surface area contributed by atoms with Gasteiger partial charge in [0.25, 0.3) is 5.56 Å². The minimum absolute atomic E-state index is 0.160. The summed E-state index contributed by atoms with van der Waals surface area (Å²) in [6.45, 7) is 3.12. The Hall–Kier alpha value is -3.90. The van der Waals surface area contributed by atoms with Crippen LogP contribution >= 0.6 is 0 Å². The molecule has 1 aliphatic heterocycles. The van der Waals surface area contributed by atoms with Crippen molar-refractivity contribution in [3.63, 3.8) is 0 Å². The van der Waals surface area contributed by atoms with Crippen molar-refractivity contribution >= 4 is 5.69 Å². The van der Waals surface area contributed by atoms with Crippen LogP contribution in [0, 0.1) is 0 Å². The molecule has 0 amide bonds. The largest absolute Gasteiger partial charge is 0.457 e. The topological polar surface area (TPSA) is 56.6 Å². The Labute approximate surface area is 192 Å². The van der Waals surface area contributed by atoms with Gasteiger partial charge < -0.3 is 14.4 Å². The van der Waals surface area contributed by atoms with Crippen LogP contribution in [-0.4, -0.2) is 36.1 Å². The maximum atomic E-state index is 12.6. The third-order valence-corrected chi connectivity index (χ3v) is 5.74. The molecule has 6 nitrogen and oxygen atoms in total. The SMILES string of the molecule is Cn1nc(-c2ccccc2Oc2ccccc2)c(-c2cccc(N3CCOCC3)c2)cc1=O. The summed E-state index contributed by atoms with van der Waals surface area (Å²) >= 11 is 0. The van der Waals surface area contributed by atoms with Gasteiger partial charge >= 0.3 is 0 Å². The summed E-state index contributed by atoms with van der Waals surface area (Å²) in [6.07, 6.45) is 0. The summed E-state index contributed by atoms with van der Waals surface area (Å²) in [7, 11) is 1.67. The lowest BCUT2D eigenvalue weighted by atomic mass is 9.98. The number of rotatable bonds is 5. The van der Waals surface area contributed by atoms with Crippen molar-refractivity contribution in [3.8, 4) is 33.9 Å². The molecule has 2 heterocycles.